The topological polar surface area (TPSA) is 38.8 Å². The zero-order valence-corrected chi connectivity index (χ0v) is 12.9. The zero-order valence-electron chi connectivity index (χ0n) is 12.9. The molecule has 0 bridgehead atoms. The minimum atomic E-state index is -0.552. The van der Waals surface area contributed by atoms with E-state index in [1.54, 1.807) is 0 Å². The van der Waals surface area contributed by atoms with Crippen LogP contribution in [0, 0.1) is 0 Å². The molecule has 1 aromatic carbocycles. The molecule has 1 aromatic rings. The molecule has 2 aliphatic heterocycles. The maximum absolute atomic E-state index is 11.1. The van der Waals surface area contributed by atoms with Crippen LogP contribution < -0.4 is 0 Å². The quantitative estimate of drug-likeness (QED) is 0.798. The second-order valence-corrected chi connectivity index (χ2v) is 6.43. The Hall–Kier alpha value is -1.23. The largest absolute Gasteiger partial charge is 0.343 e. The summed E-state index contributed by atoms with van der Waals surface area (Å²) in [6.45, 7) is 6.87. The van der Waals surface area contributed by atoms with Gasteiger partial charge in [0, 0.05) is 25.0 Å². The molecule has 0 N–H and O–H groups in total. The summed E-state index contributed by atoms with van der Waals surface area (Å²) < 4.78 is 12.1. The normalized spacial score (nSPS) is 34.8. The molecule has 4 nitrogen and oxygen atoms in total. The van der Waals surface area contributed by atoms with Gasteiger partial charge in [0.15, 0.2) is 5.79 Å². The molecule has 0 spiro atoms. The van der Waals surface area contributed by atoms with Crippen LogP contribution in [0.3, 0.4) is 0 Å². The lowest BCUT2D eigenvalue weighted by atomic mass is 10.1. The lowest BCUT2D eigenvalue weighted by Crippen LogP contribution is -2.41. The van der Waals surface area contributed by atoms with E-state index in [-0.39, 0.29) is 24.3 Å². The number of fused-ring (bicyclic) bond motifs is 1. The Kier molecular flexibility index (Phi) is 3.86. The van der Waals surface area contributed by atoms with E-state index in [2.05, 4.69) is 24.0 Å². The van der Waals surface area contributed by atoms with Gasteiger partial charge >= 0.3 is 0 Å². The number of hydrogen-bond donors (Lipinski definition) is 0. The number of likely N-dealkylation sites (tertiary alicyclic amines) is 1. The average molecular weight is 289 g/mol. The van der Waals surface area contributed by atoms with Crippen LogP contribution in [0.15, 0.2) is 30.3 Å². The minimum absolute atomic E-state index is 0.0242. The molecule has 3 rings (SSSR count). The van der Waals surface area contributed by atoms with E-state index in [9.17, 15) is 4.79 Å². The molecular weight excluding hydrogens is 266 g/mol. The summed E-state index contributed by atoms with van der Waals surface area (Å²) in [5, 5.41) is 0. The van der Waals surface area contributed by atoms with Crippen LogP contribution in [0.4, 0.5) is 0 Å². The van der Waals surface area contributed by atoms with Crippen LogP contribution in [0.25, 0.3) is 0 Å². The fourth-order valence-corrected chi connectivity index (χ4v) is 3.59. The molecule has 0 radical (unpaired) electrons. The summed E-state index contributed by atoms with van der Waals surface area (Å²) in [4.78, 5) is 13.4. The van der Waals surface area contributed by atoms with Crippen molar-refractivity contribution in [2.45, 2.75) is 63.8 Å². The summed E-state index contributed by atoms with van der Waals surface area (Å²) >= 11 is 0. The Morgan fingerprint density at radius 1 is 1.19 bits per heavy atom. The van der Waals surface area contributed by atoms with Crippen molar-refractivity contribution < 1.29 is 14.3 Å². The number of carbonyl (C=O) groups is 1. The van der Waals surface area contributed by atoms with Gasteiger partial charge in [0.2, 0.25) is 0 Å². The van der Waals surface area contributed by atoms with E-state index < -0.39 is 5.79 Å². The summed E-state index contributed by atoms with van der Waals surface area (Å²) in [6.07, 6.45) is 1.49. The molecule has 2 aliphatic rings. The molecule has 0 aromatic heterocycles. The van der Waals surface area contributed by atoms with Crippen molar-refractivity contribution in [1.82, 2.24) is 4.90 Å². The molecule has 4 heteroatoms. The second-order valence-electron chi connectivity index (χ2n) is 6.43. The molecule has 0 aliphatic carbocycles. The van der Waals surface area contributed by atoms with E-state index in [0.717, 1.165) is 12.8 Å². The van der Waals surface area contributed by atoms with E-state index >= 15 is 0 Å². The predicted molar refractivity (Wildman–Crippen MR) is 79.7 cm³/mol. The molecular formula is C17H23NO3. The highest BCUT2D eigenvalue weighted by Crippen LogP contribution is 2.41. The number of rotatable bonds is 4. The van der Waals surface area contributed by atoms with Gasteiger partial charge in [-0.2, -0.15) is 0 Å². The number of carbonyl (C=O) groups excluding carboxylic acids is 1. The molecule has 0 unspecified atom stereocenters. The van der Waals surface area contributed by atoms with E-state index in [0.29, 0.717) is 6.42 Å². The van der Waals surface area contributed by atoms with Crippen molar-refractivity contribution in [2.75, 3.05) is 0 Å². The maximum atomic E-state index is 11.1. The Labute approximate surface area is 126 Å². The minimum Gasteiger partial charge on any atom is -0.343 e. The molecule has 2 heterocycles. The standard InChI is InChI=1S/C17H23NO3/c1-12-15-16(21-17(2,3)20-15)14(9-10-19)18(12)11-13-7-5-4-6-8-13/h4-8,10,12,14-16H,9,11H2,1-3H3/t12-,14+,15+,16-/m0/s1. The first-order valence-electron chi connectivity index (χ1n) is 7.61. The van der Waals surface area contributed by atoms with Gasteiger partial charge in [0.25, 0.3) is 0 Å². The van der Waals surface area contributed by atoms with Gasteiger partial charge in [0.05, 0.1) is 0 Å². The molecule has 2 fully saturated rings. The number of hydrogen-bond acceptors (Lipinski definition) is 4. The summed E-state index contributed by atoms with van der Waals surface area (Å²) in [6, 6.07) is 10.7. The average Bonchev–Trinajstić information content (AvgIpc) is 2.88. The first-order chi connectivity index (χ1) is 10.0. The van der Waals surface area contributed by atoms with E-state index in [4.69, 9.17) is 9.47 Å². The van der Waals surface area contributed by atoms with Gasteiger partial charge in [-0.3, -0.25) is 4.90 Å². The molecule has 21 heavy (non-hydrogen) atoms. The van der Waals surface area contributed by atoms with Crippen LogP contribution >= 0.6 is 0 Å². The number of aldehydes is 1. The Morgan fingerprint density at radius 3 is 2.52 bits per heavy atom. The third-order valence-electron chi connectivity index (χ3n) is 4.51. The highest BCUT2D eigenvalue weighted by atomic mass is 16.8. The van der Waals surface area contributed by atoms with Crippen molar-refractivity contribution >= 4 is 6.29 Å². The van der Waals surface area contributed by atoms with E-state index in [1.807, 2.05) is 32.0 Å². The number of benzene rings is 1. The first kappa shape index (κ1) is 14.7. The zero-order chi connectivity index (χ0) is 15.0. The summed E-state index contributed by atoms with van der Waals surface area (Å²) in [5.41, 5.74) is 1.25. The van der Waals surface area contributed by atoms with Gasteiger partial charge in [-0.05, 0) is 26.3 Å². The van der Waals surface area contributed by atoms with Crippen LogP contribution in [0.1, 0.15) is 32.8 Å². The molecule has 114 valence electrons. The Morgan fingerprint density at radius 2 is 1.86 bits per heavy atom. The van der Waals surface area contributed by atoms with Gasteiger partial charge in [-0.15, -0.1) is 0 Å². The third-order valence-corrected chi connectivity index (χ3v) is 4.51. The highest BCUT2D eigenvalue weighted by molar-refractivity contribution is 5.51. The van der Waals surface area contributed by atoms with Crippen molar-refractivity contribution in [3.05, 3.63) is 35.9 Å². The molecule has 2 saturated heterocycles. The Bertz CT molecular complexity index is 502. The van der Waals surface area contributed by atoms with Crippen LogP contribution in [-0.4, -0.2) is 41.3 Å². The molecule has 0 saturated carbocycles. The van der Waals surface area contributed by atoms with Gasteiger partial charge in [-0.25, -0.2) is 0 Å². The maximum Gasteiger partial charge on any atom is 0.163 e. The first-order valence-corrected chi connectivity index (χ1v) is 7.61. The van der Waals surface area contributed by atoms with Crippen LogP contribution in [0.2, 0.25) is 0 Å². The fourth-order valence-electron chi connectivity index (χ4n) is 3.59. The van der Waals surface area contributed by atoms with Gasteiger partial charge in [0.1, 0.15) is 18.5 Å². The fraction of sp³-hybridized carbons (Fsp3) is 0.588. The van der Waals surface area contributed by atoms with Gasteiger partial charge < -0.3 is 14.3 Å². The van der Waals surface area contributed by atoms with Crippen molar-refractivity contribution in [3.63, 3.8) is 0 Å². The lowest BCUT2D eigenvalue weighted by Gasteiger charge is -2.32. The smallest absolute Gasteiger partial charge is 0.163 e. The van der Waals surface area contributed by atoms with Crippen molar-refractivity contribution in [2.24, 2.45) is 0 Å². The second kappa shape index (κ2) is 5.52. The SMILES string of the molecule is C[C@H]1[C@H]2OC(C)(C)O[C@H]2[C@@H](CC=O)N1Cc1ccccc1. The number of nitrogens with zero attached hydrogens (tertiary/aromatic N) is 1. The van der Waals surface area contributed by atoms with Crippen molar-refractivity contribution in [1.29, 1.82) is 0 Å². The highest BCUT2D eigenvalue weighted by Gasteiger charge is 2.55. The lowest BCUT2D eigenvalue weighted by molar-refractivity contribution is -0.168. The third kappa shape index (κ3) is 2.76. The monoisotopic (exact) mass is 289 g/mol. The molecule has 4 atom stereocenters. The predicted octanol–water partition coefficient (Wildman–Crippen LogP) is 2.37. The van der Waals surface area contributed by atoms with Gasteiger partial charge in [-0.1, -0.05) is 30.3 Å². The van der Waals surface area contributed by atoms with E-state index in [1.165, 1.54) is 5.56 Å². The molecule has 0 amide bonds. The van der Waals surface area contributed by atoms with Crippen LogP contribution in [0.5, 0.6) is 0 Å². The number of ether oxygens (including phenoxy) is 2. The Balaban J connectivity index is 1.82. The van der Waals surface area contributed by atoms with Crippen molar-refractivity contribution in [3.8, 4) is 0 Å². The summed E-state index contributed by atoms with van der Waals surface area (Å²) in [5.74, 6) is -0.552. The van der Waals surface area contributed by atoms with Crippen LogP contribution in [-0.2, 0) is 20.8 Å². The summed E-state index contributed by atoms with van der Waals surface area (Å²) in [7, 11) is 0.